The molecule has 13 heteroatoms. The lowest BCUT2D eigenvalue weighted by molar-refractivity contribution is -0.274. The van der Waals surface area contributed by atoms with Crippen molar-refractivity contribution in [3.05, 3.63) is 90.3 Å². The van der Waals surface area contributed by atoms with Crippen LogP contribution in [-0.2, 0) is 11.2 Å². The van der Waals surface area contributed by atoms with Crippen LogP contribution in [0.2, 0.25) is 0 Å². The zero-order valence-electron chi connectivity index (χ0n) is 23.0. The summed E-state index contributed by atoms with van der Waals surface area (Å²) in [4.78, 5) is 34.9. The second kappa shape index (κ2) is 13.1. The molecule has 5 rings (SSSR count). The largest absolute Gasteiger partial charge is 0.573 e. The second-order valence-corrected chi connectivity index (χ2v) is 10.6. The van der Waals surface area contributed by atoms with E-state index in [2.05, 4.69) is 25.1 Å². The zero-order chi connectivity index (χ0) is 30.4. The molecule has 0 spiro atoms. The predicted octanol–water partition coefficient (Wildman–Crippen LogP) is 6.31. The molecule has 3 aromatic carbocycles. The Morgan fingerprint density at radius 1 is 1.07 bits per heavy atom. The van der Waals surface area contributed by atoms with Gasteiger partial charge in [-0.1, -0.05) is 48.2 Å². The van der Waals surface area contributed by atoms with Crippen LogP contribution in [0.15, 0.2) is 84.1 Å². The highest BCUT2D eigenvalue weighted by atomic mass is 32.2. The van der Waals surface area contributed by atoms with Gasteiger partial charge in [0, 0.05) is 12.1 Å². The van der Waals surface area contributed by atoms with E-state index >= 15 is 0 Å². The van der Waals surface area contributed by atoms with Crippen LogP contribution in [0.1, 0.15) is 24.0 Å². The number of urea groups is 1. The summed E-state index contributed by atoms with van der Waals surface area (Å²) in [6, 6.07) is 20.1. The molecule has 1 N–H and O–H groups in total. The molecule has 2 heterocycles. The summed E-state index contributed by atoms with van der Waals surface area (Å²) in [7, 11) is 0. The smallest absolute Gasteiger partial charge is 0.406 e. The average Bonchev–Trinajstić information content (AvgIpc) is 3.60. The number of nitrogens with zero attached hydrogens (tertiary/aromatic N) is 5. The Hall–Kier alpha value is -4.65. The minimum Gasteiger partial charge on any atom is -0.406 e. The molecule has 4 aromatic rings. The first-order chi connectivity index (χ1) is 20.7. The molecule has 0 saturated carbocycles. The Morgan fingerprint density at radius 2 is 1.86 bits per heavy atom. The number of carbonyl (C=O) groups excluding carboxylic acids is 2. The lowest BCUT2D eigenvalue weighted by atomic mass is 10.0. The molecule has 1 saturated heterocycles. The Bertz CT molecular complexity index is 1640. The Kier molecular flexibility index (Phi) is 9.10. The molecule has 1 aliphatic rings. The van der Waals surface area contributed by atoms with Gasteiger partial charge in [-0.3, -0.25) is 9.69 Å². The molecule has 0 unspecified atom stereocenters. The number of ether oxygens (including phenoxy) is 1. The van der Waals surface area contributed by atoms with E-state index in [0.29, 0.717) is 23.2 Å². The van der Waals surface area contributed by atoms with Gasteiger partial charge in [0.05, 0.1) is 17.1 Å². The van der Waals surface area contributed by atoms with E-state index < -0.39 is 12.4 Å². The van der Waals surface area contributed by atoms with Gasteiger partial charge in [0.15, 0.2) is 11.0 Å². The predicted molar refractivity (Wildman–Crippen MR) is 158 cm³/mol. The monoisotopic (exact) mass is 608 g/mol. The van der Waals surface area contributed by atoms with E-state index in [1.54, 1.807) is 0 Å². The third-order valence-electron chi connectivity index (χ3n) is 6.50. The molecular formula is C30H27F3N6O3S. The number of hydrogen-bond acceptors (Lipinski definition) is 6. The molecule has 0 aliphatic carbocycles. The van der Waals surface area contributed by atoms with Crippen molar-refractivity contribution in [2.45, 2.75) is 32.5 Å². The third-order valence-corrected chi connectivity index (χ3v) is 7.42. The zero-order valence-corrected chi connectivity index (χ0v) is 23.9. The van der Waals surface area contributed by atoms with Crippen molar-refractivity contribution in [2.24, 2.45) is 4.99 Å². The maximum absolute atomic E-state index is 12.5. The average molecular weight is 609 g/mol. The van der Waals surface area contributed by atoms with E-state index in [-0.39, 0.29) is 17.4 Å². The van der Waals surface area contributed by atoms with Crippen LogP contribution in [0.25, 0.3) is 17.1 Å². The molecule has 0 radical (unpaired) electrons. The van der Waals surface area contributed by atoms with Gasteiger partial charge in [-0.25, -0.2) is 14.5 Å². The molecular weight excluding hydrogens is 581 g/mol. The summed E-state index contributed by atoms with van der Waals surface area (Å²) in [5, 5.41) is 7.63. The van der Waals surface area contributed by atoms with Crippen molar-refractivity contribution in [1.82, 2.24) is 20.1 Å². The van der Waals surface area contributed by atoms with Crippen LogP contribution in [0.5, 0.6) is 5.75 Å². The number of amides is 3. The van der Waals surface area contributed by atoms with Gasteiger partial charge in [-0.15, -0.1) is 18.3 Å². The number of para-hydroxylation sites is 1. The van der Waals surface area contributed by atoms with E-state index in [0.717, 1.165) is 41.6 Å². The van der Waals surface area contributed by atoms with Crippen molar-refractivity contribution in [3.8, 4) is 22.8 Å². The number of benzene rings is 3. The number of thioether (sulfide) groups is 1. The maximum atomic E-state index is 12.5. The molecule has 3 amide bonds. The summed E-state index contributed by atoms with van der Waals surface area (Å²) >= 11 is 1.24. The van der Waals surface area contributed by atoms with E-state index in [1.165, 1.54) is 51.9 Å². The quantitative estimate of drug-likeness (QED) is 0.224. The molecule has 222 valence electrons. The molecule has 43 heavy (non-hydrogen) atoms. The number of rotatable bonds is 9. The van der Waals surface area contributed by atoms with Crippen LogP contribution in [0.4, 0.5) is 23.7 Å². The summed E-state index contributed by atoms with van der Waals surface area (Å²) in [6.07, 6.45) is -0.942. The van der Waals surface area contributed by atoms with Crippen LogP contribution in [0, 0.1) is 6.92 Å². The summed E-state index contributed by atoms with van der Waals surface area (Å²) in [5.74, 6) is 0.296. The van der Waals surface area contributed by atoms with Crippen molar-refractivity contribution in [3.63, 3.8) is 0 Å². The number of hydrogen-bond donors (Lipinski definition) is 1. The Morgan fingerprint density at radius 3 is 2.63 bits per heavy atom. The Labute approximate surface area is 249 Å². The number of unbranched alkanes of at least 4 members (excludes halogenated alkanes) is 1. The van der Waals surface area contributed by atoms with E-state index in [4.69, 9.17) is 0 Å². The minimum atomic E-state index is -4.75. The van der Waals surface area contributed by atoms with Crippen LogP contribution in [0.3, 0.4) is 0 Å². The number of aromatic nitrogens is 3. The van der Waals surface area contributed by atoms with Crippen molar-refractivity contribution in [2.75, 3.05) is 17.2 Å². The summed E-state index contributed by atoms with van der Waals surface area (Å²) in [6.45, 7) is 2.35. The number of amidine groups is 1. The molecule has 0 atom stereocenters. The standard InChI is InChI=1S/C30H27F3N6O3S/c1-20-7-2-3-11-25(20)39-26(40)18-43-29(39)36-28(41)34-16-5-4-8-21-9-6-10-22(17-21)27-35-19-38(37-27)23-12-14-24(15-13-23)42-30(31,32)33/h2-3,6-7,9-15,17,19H,4-5,8,16,18H2,1H3,(H,34,41)/b36-29-. The van der Waals surface area contributed by atoms with Crippen LogP contribution in [-0.4, -0.2) is 50.5 Å². The first-order valence-corrected chi connectivity index (χ1v) is 14.4. The van der Waals surface area contributed by atoms with Crippen molar-refractivity contribution >= 4 is 34.6 Å². The van der Waals surface area contributed by atoms with E-state index in [1.807, 2.05) is 55.5 Å². The number of aryl methyl sites for hydroxylation is 2. The van der Waals surface area contributed by atoms with Crippen LogP contribution >= 0.6 is 11.8 Å². The highest BCUT2D eigenvalue weighted by molar-refractivity contribution is 8.15. The van der Waals surface area contributed by atoms with Crippen molar-refractivity contribution in [1.29, 1.82) is 0 Å². The first-order valence-electron chi connectivity index (χ1n) is 13.4. The fraction of sp³-hybridized carbons (Fsp3) is 0.233. The van der Waals surface area contributed by atoms with Crippen LogP contribution < -0.4 is 15.0 Å². The van der Waals surface area contributed by atoms with Gasteiger partial charge in [-0.05, 0) is 73.7 Å². The van der Waals surface area contributed by atoms with Gasteiger partial charge in [0.25, 0.3) is 0 Å². The number of halogens is 3. The second-order valence-electron chi connectivity index (χ2n) is 9.64. The number of carbonyl (C=O) groups is 2. The summed E-state index contributed by atoms with van der Waals surface area (Å²) < 4.78 is 42.6. The highest BCUT2D eigenvalue weighted by Gasteiger charge is 2.32. The van der Waals surface area contributed by atoms with Gasteiger partial charge in [-0.2, -0.15) is 4.99 Å². The van der Waals surface area contributed by atoms with E-state index in [9.17, 15) is 22.8 Å². The van der Waals surface area contributed by atoms with Gasteiger partial charge in [0.2, 0.25) is 5.91 Å². The Balaban J connectivity index is 1.11. The normalized spacial score (nSPS) is 14.4. The first kappa shape index (κ1) is 29.8. The van der Waals surface area contributed by atoms with Crippen molar-refractivity contribution < 1.29 is 27.5 Å². The topological polar surface area (TPSA) is 102 Å². The summed E-state index contributed by atoms with van der Waals surface area (Å²) in [5.41, 5.74) is 4.07. The van der Waals surface area contributed by atoms with Gasteiger partial charge >= 0.3 is 12.4 Å². The van der Waals surface area contributed by atoms with Gasteiger partial charge < -0.3 is 10.1 Å². The lowest BCUT2D eigenvalue weighted by Gasteiger charge is -2.18. The van der Waals surface area contributed by atoms with Gasteiger partial charge in [0.1, 0.15) is 12.1 Å². The number of nitrogens with one attached hydrogen (secondary N) is 1. The molecule has 0 bridgehead atoms. The highest BCUT2D eigenvalue weighted by Crippen LogP contribution is 2.29. The lowest BCUT2D eigenvalue weighted by Crippen LogP contribution is -2.32. The maximum Gasteiger partial charge on any atom is 0.573 e. The number of alkyl halides is 3. The SMILES string of the molecule is Cc1ccccc1N1C(=O)CS/C1=N\C(=O)NCCCCc1cccc(-c2ncn(-c3ccc(OC(F)(F)F)cc3)n2)c1. The third kappa shape index (κ3) is 7.80. The molecule has 1 aromatic heterocycles. The molecule has 9 nitrogen and oxygen atoms in total. The number of aliphatic imine (C=N–C) groups is 1. The fourth-order valence-corrected chi connectivity index (χ4v) is 5.32. The fourth-order valence-electron chi connectivity index (χ4n) is 4.46. The molecule has 1 fully saturated rings. The number of anilines is 1. The molecule has 1 aliphatic heterocycles. The minimum absolute atomic E-state index is 0.108.